The topological polar surface area (TPSA) is 121 Å². The van der Waals surface area contributed by atoms with Crippen LogP contribution in [0.5, 0.6) is 0 Å². The molecule has 1 fully saturated rings. The summed E-state index contributed by atoms with van der Waals surface area (Å²) >= 11 is 0. The van der Waals surface area contributed by atoms with E-state index in [1.54, 1.807) is 30.3 Å². The minimum Gasteiger partial charge on any atom is -0.481 e. The monoisotopic (exact) mass is 380 g/mol. The fourth-order valence-electron chi connectivity index (χ4n) is 3.85. The maximum Gasteiger partial charge on any atom is 0.303 e. The van der Waals surface area contributed by atoms with Crippen molar-refractivity contribution in [2.45, 2.75) is 31.7 Å². The quantitative estimate of drug-likeness (QED) is 0.771. The first kappa shape index (κ1) is 17.8. The van der Waals surface area contributed by atoms with Gasteiger partial charge in [-0.2, -0.15) is 0 Å². The van der Waals surface area contributed by atoms with Crippen molar-refractivity contribution in [2.24, 2.45) is 0 Å². The third-order valence-electron chi connectivity index (χ3n) is 5.16. The Hall–Kier alpha value is -3.55. The fraction of sp³-hybridized carbons (Fsp3) is 0.250. The zero-order chi connectivity index (χ0) is 20.0. The first-order valence-electron chi connectivity index (χ1n) is 8.86. The lowest BCUT2D eigenvalue weighted by molar-refractivity contribution is -0.137. The van der Waals surface area contributed by atoms with Crippen LogP contribution in [0, 0.1) is 0 Å². The maximum atomic E-state index is 13.1. The number of benzene rings is 2. The second-order valence-corrected chi connectivity index (χ2v) is 6.84. The summed E-state index contributed by atoms with van der Waals surface area (Å²) in [5.74, 6) is -3.20. The Balaban J connectivity index is 1.80. The zero-order valence-electron chi connectivity index (χ0n) is 14.7. The van der Waals surface area contributed by atoms with E-state index < -0.39 is 35.6 Å². The molecule has 4 amide bonds. The van der Waals surface area contributed by atoms with Crippen molar-refractivity contribution in [3.05, 3.63) is 47.0 Å². The molecule has 0 aliphatic carbocycles. The standard InChI is InChI=1S/C20H16N2O6/c23-15-8-7-14(18(26)21-15)22-19(27)12-3-1-2-11-10(5-9-16(24)25)4-6-13(17(11)12)20(22)28/h1-4,6,14H,5,7-9H2,(H,24,25)(H,21,23,26). The highest BCUT2D eigenvalue weighted by Crippen LogP contribution is 2.34. The summed E-state index contributed by atoms with van der Waals surface area (Å²) in [5.41, 5.74) is 1.31. The number of carboxylic acids is 1. The Labute approximate surface area is 159 Å². The first-order valence-corrected chi connectivity index (χ1v) is 8.86. The van der Waals surface area contributed by atoms with Gasteiger partial charge in [0, 0.05) is 29.4 Å². The Kier molecular flexibility index (Phi) is 4.18. The van der Waals surface area contributed by atoms with Gasteiger partial charge in [0.15, 0.2) is 0 Å². The van der Waals surface area contributed by atoms with Gasteiger partial charge in [-0.15, -0.1) is 0 Å². The van der Waals surface area contributed by atoms with Crippen molar-refractivity contribution in [3.63, 3.8) is 0 Å². The van der Waals surface area contributed by atoms with Crippen LogP contribution in [0.15, 0.2) is 30.3 Å². The molecule has 1 atom stereocenters. The number of hydrogen-bond acceptors (Lipinski definition) is 5. The Morgan fingerprint density at radius 1 is 1.07 bits per heavy atom. The average Bonchev–Trinajstić information content (AvgIpc) is 2.66. The number of aliphatic carboxylic acids is 1. The van der Waals surface area contributed by atoms with Crippen LogP contribution in [0.2, 0.25) is 0 Å². The first-order chi connectivity index (χ1) is 13.4. The molecule has 4 rings (SSSR count). The van der Waals surface area contributed by atoms with Crippen LogP contribution in [0.25, 0.3) is 10.8 Å². The molecule has 2 aromatic rings. The van der Waals surface area contributed by atoms with E-state index in [1.165, 1.54) is 0 Å². The highest BCUT2D eigenvalue weighted by atomic mass is 16.4. The van der Waals surface area contributed by atoms with Crippen LogP contribution in [-0.4, -0.2) is 45.6 Å². The summed E-state index contributed by atoms with van der Waals surface area (Å²) in [6.45, 7) is 0. The van der Waals surface area contributed by atoms with E-state index in [0.717, 1.165) is 10.5 Å². The molecule has 2 aliphatic rings. The average molecular weight is 380 g/mol. The van der Waals surface area contributed by atoms with Crippen LogP contribution in [-0.2, 0) is 20.8 Å². The van der Waals surface area contributed by atoms with E-state index in [9.17, 15) is 24.0 Å². The summed E-state index contributed by atoms with van der Waals surface area (Å²) in [4.78, 5) is 61.6. The maximum absolute atomic E-state index is 13.1. The number of nitrogens with zero attached hydrogens (tertiary/aromatic N) is 1. The highest BCUT2D eigenvalue weighted by Gasteiger charge is 2.42. The Morgan fingerprint density at radius 2 is 1.79 bits per heavy atom. The number of aryl methyl sites for hydroxylation is 1. The molecule has 1 saturated heterocycles. The van der Waals surface area contributed by atoms with Gasteiger partial charge >= 0.3 is 5.97 Å². The predicted octanol–water partition coefficient (Wildman–Crippen LogP) is 1.26. The van der Waals surface area contributed by atoms with Crippen LogP contribution >= 0.6 is 0 Å². The van der Waals surface area contributed by atoms with Gasteiger partial charge in [0.25, 0.3) is 11.8 Å². The van der Waals surface area contributed by atoms with Gasteiger partial charge in [-0.1, -0.05) is 18.2 Å². The van der Waals surface area contributed by atoms with E-state index in [-0.39, 0.29) is 36.8 Å². The molecule has 0 bridgehead atoms. The van der Waals surface area contributed by atoms with E-state index in [1.807, 2.05) is 0 Å². The van der Waals surface area contributed by atoms with Gasteiger partial charge in [-0.05, 0) is 35.9 Å². The van der Waals surface area contributed by atoms with Gasteiger partial charge in [0.1, 0.15) is 6.04 Å². The van der Waals surface area contributed by atoms with Crippen LogP contribution in [0.1, 0.15) is 45.5 Å². The molecule has 0 radical (unpaired) electrons. The molecule has 0 aromatic heterocycles. The summed E-state index contributed by atoms with van der Waals surface area (Å²) < 4.78 is 0. The molecule has 1 unspecified atom stereocenters. The lowest BCUT2D eigenvalue weighted by Crippen LogP contribution is -2.57. The fourth-order valence-corrected chi connectivity index (χ4v) is 3.85. The minimum atomic E-state index is -1.03. The second kappa shape index (κ2) is 6.56. The molecule has 8 heteroatoms. The minimum absolute atomic E-state index is 0.0542. The number of carbonyl (C=O) groups is 5. The Morgan fingerprint density at radius 3 is 2.46 bits per heavy atom. The number of carboxylic acid groups (broad SMARTS) is 1. The Bertz CT molecular complexity index is 1050. The summed E-state index contributed by atoms with van der Waals surface area (Å²) in [6, 6.07) is 7.22. The predicted molar refractivity (Wildman–Crippen MR) is 96.6 cm³/mol. The molecular formula is C20H16N2O6. The van der Waals surface area contributed by atoms with Gasteiger partial charge in [-0.3, -0.25) is 34.2 Å². The van der Waals surface area contributed by atoms with Crippen molar-refractivity contribution < 1.29 is 29.1 Å². The number of rotatable bonds is 4. The number of nitrogens with one attached hydrogen (secondary N) is 1. The summed E-state index contributed by atoms with van der Waals surface area (Å²) in [7, 11) is 0. The largest absolute Gasteiger partial charge is 0.481 e. The summed E-state index contributed by atoms with van der Waals surface area (Å²) in [5, 5.41) is 12.2. The van der Waals surface area contributed by atoms with E-state index >= 15 is 0 Å². The molecule has 28 heavy (non-hydrogen) atoms. The SMILES string of the molecule is O=C(O)CCc1ccc2c3c(cccc13)C(=O)N(C1CCC(=O)NC1=O)C2=O. The molecule has 142 valence electrons. The smallest absolute Gasteiger partial charge is 0.303 e. The zero-order valence-corrected chi connectivity index (χ0v) is 14.7. The molecule has 8 nitrogen and oxygen atoms in total. The normalized spacial score (nSPS) is 19.1. The third-order valence-corrected chi connectivity index (χ3v) is 5.16. The highest BCUT2D eigenvalue weighted by molar-refractivity contribution is 6.27. The van der Waals surface area contributed by atoms with Crippen LogP contribution in [0.3, 0.4) is 0 Å². The second-order valence-electron chi connectivity index (χ2n) is 6.84. The number of imide groups is 2. The number of carbonyl (C=O) groups excluding carboxylic acids is 4. The number of piperidine rings is 1. The van der Waals surface area contributed by atoms with Crippen molar-refractivity contribution in [3.8, 4) is 0 Å². The van der Waals surface area contributed by atoms with E-state index in [2.05, 4.69) is 5.32 Å². The lowest BCUT2D eigenvalue weighted by Gasteiger charge is -2.34. The third kappa shape index (κ3) is 2.74. The van der Waals surface area contributed by atoms with Crippen molar-refractivity contribution in [2.75, 3.05) is 0 Å². The van der Waals surface area contributed by atoms with E-state index in [0.29, 0.717) is 10.8 Å². The molecule has 2 aromatic carbocycles. The van der Waals surface area contributed by atoms with Crippen molar-refractivity contribution in [1.29, 1.82) is 0 Å². The number of hydrogen-bond donors (Lipinski definition) is 2. The molecule has 0 saturated carbocycles. The molecule has 0 spiro atoms. The summed E-state index contributed by atoms with van der Waals surface area (Å²) in [6.07, 6.45) is 0.348. The lowest BCUT2D eigenvalue weighted by atomic mass is 9.88. The van der Waals surface area contributed by atoms with Crippen LogP contribution in [0.4, 0.5) is 0 Å². The molecule has 2 N–H and O–H groups in total. The van der Waals surface area contributed by atoms with Gasteiger partial charge < -0.3 is 5.11 Å². The van der Waals surface area contributed by atoms with E-state index in [4.69, 9.17) is 5.11 Å². The number of amides is 4. The van der Waals surface area contributed by atoms with Gasteiger partial charge in [0.05, 0.1) is 0 Å². The van der Waals surface area contributed by atoms with Gasteiger partial charge in [-0.25, -0.2) is 0 Å². The molecule has 2 heterocycles. The molecular weight excluding hydrogens is 364 g/mol. The van der Waals surface area contributed by atoms with Crippen molar-refractivity contribution >= 4 is 40.4 Å². The van der Waals surface area contributed by atoms with Crippen molar-refractivity contribution in [1.82, 2.24) is 10.2 Å². The molecule has 2 aliphatic heterocycles. The van der Waals surface area contributed by atoms with Crippen LogP contribution < -0.4 is 5.32 Å². The van der Waals surface area contributed by atoms with Gasteiger partial charge in [0.2, 0.25) is 11.8 Å².